The van der Waals surface area contributed by atoms with E-state index in [4.69, 9.17) is 0 Å². The van der Waals surface area contributed by atoms with Crippen LogP contribution in [0.4, 0.5) is 5.69 Å². The molecule has 0 bridgehead atoms. The summed E-state index contributed by atoms with van der Waals surface area (Å²) in [5, 5.41) is 13.5. The van der Waals surface area contributed by atoms with Gasteiger partial charge in [-0.1, -0.05) is 19.9 Å². The fourth-order valence-corrected chi connectivity index (χ4v) is 2.13. The molecule has 0 spiro atoms. The summed E-state index contributed by atoms with van der Waals surface area (Å²) >= 11 is 0. The molecule has 0 heterocycles. The van der Waals surface area contributed by atoms with E-state index in [0.29, 0.717) is 6.42 Å². The number of rotatable bonds is 6. The number of ether oxygens (including phenoxy) is 1. The molecule has 7 nitrogen and oxygen atoms in total. The van der Waals surface area contributed by atoms with Gasteiger partial charge in [0.15, 0.2) is 0 Å². The maximum atomic E-state index is 12.3. The Kier molecular flexibility index (Phi) is 6.03. The van der Waals surface area contributed by atoms with E-state index >= 15 is 0 Å². The standard InChI is InChI=1S/C15H20N2O5/c1-9(2)8-12(15(19)22-4)16-14(18)11-6-5-7-13(10(11)3)17(20)21/h5-7,9,12H,8H2,1-4H3,(H,16,18). The predicted octanol–water partition coefficient (Wildman–Crippen LogP) is 2.22. The van der Waals surface area contributed by atoms with Gasteiger partial charge in [-0.05, 0) is 25.3 Å². The van der Waals surface area contributed by atoms with Crippen molar-refractivity contribution in [2.45, 2.75) is 33.2 Å². The van der Waals surface area contributed by atoms with E-state index in [9.17, 15) is 19.7 Å². The van der Waals surface area contributed by atoms with Gasteiger partial charge in [-0.15, -0.1) is 0 Å². The van der Waals surface area contributed by atoms with E-state index in [-0.39, 0.29) is 22.7 Å². The Labute approximate surface area is 128 Å². The molecule has 22 heavy (non-hydrogen) atoms. The number of carbonyl (C=O) groups excluding carboxylic acids is 2. The number of esters is 1. The van der Waals surface area contributed by atoms with E-state index in [1.165, 1.54) is 32.2 Å². The number of benzene rings is 1. The number of amides is 1. The van der Waals surface area contributed by atoms with Crippen LogP contribution in [-0.4, -0.2) is 30.0 Å². The van der Waals surface area contributed by atoms with Crippen molar-refractivity contribution >= 4 is 17.6 Å². The second kappa shape index (κ2) is 7.53. The average molecular weight is 308 g/mol. The minimum Gasteiger partial charge on any atom is -0.467 e. The molecule has 7 heteroatoms. The van der Waals surface area contributed by atoms with Crippen LogP contribution in [0.2, 0.25) is 0 Å². The van der Waals surface area contributed by atoms with Crippen LogP contribution in [0.25, 0.3) is 0 Å². The minimum atomic E-state index is -0.781. The SMILES string of the molecule is COC(=O)C(CC(C)C)NC(=O)c1cccc([N+](=O)[O-])c1C. The first-order chi connectivity index (χ1) is 10.3. The molecule has 1 rings (SSSR count). The molecule has 1 aromatic rings. The van der Waals surface area contributed by atoms with Crippen LogP contribution < -0.4 is 5.32 Å². The van der Waals surface area contributed by atoms with Crippen LogP contribution in [0.3, 0.4) is 0 Å². The molecule has 0 saturated carbocycles. The molecular formula is C15H20N2O5. The number of nitrogens with one attached hydrogen (secondary N) is 1. The summed E-state index contributed by atoms with van der Waals surface area (Å²) in [6, 6.07) is 3.48. The highest BCUT2D eigenvalue weighted by Gasteiger charge is 2.25. The summed E-state index contributed by atoms with van der Waals surface area (Å²) in [5.74, 6) is -0.891. The Balaban J connectivity index is 3.02. The molecule has 0 aliphatic heterocycles. The summed E-state index contributed by atoms with van der Waals surface area (Å²) in [6.45, 7) is 5.34. The van der Waals surface area contributed by atoms with Gasteiger partial charge >= 0.3 is 5.97 Å². The van der Waals surface area contributed by atoms with E-state index in [1.807, 2.05) is 13.8 Å². The first kappa shape index (κ1) is 17.6. The summed E-state index contributed by atoms with van der Waals surface area (Å²) in [6.07, 6.45) is 0.423. The van der Waals surface area contributed by atoms with Crippen LogP contribution in [-0.2, 0) is 9.53 Å². The molecule has 0 aliphatic rings. The van der Waals surface area contributed by atoms with Gasteiger partial charge in [0.25, 0.3) is 11.6 Å². The van der Waals surface area contributed by atoms with E-state index in [1.54, 1.807) is 0 Å². The van der Waals surface area contributed by atoms with Crippen molar-refractivity contribution in [3.63, 3.8) is 0 Å². The monoisotopic (exact) mass is 308 g/mol. The molecule has 0 aromatic heterocycles. The molecule has 0 radical (unpaired) electrons. The first-order valence-corrected chi connectivity index (χ1v) is 6.90. The third-order valence-corrected chi connectivity index (χ3v) is 3.24. The summed E-state index contributed by atoms with van der Waals surface area (Å²) in [7, 11) is 1.25. The van der Waals surface area contributed by atoms with Crippen molar-refractivity contribution in [2.24, 2.45) is 5.92 Å². The maximum Gasteiger partial charge on any atom is 0.328 e. The van der Waals surface area contributed by atoms with Crippen LogP contribution in [0, 0.1) is 23.0 Å². The first-order valence-electron chi connectivity index (χ1n) is 6.90. The molecule has 120 valence electrons. The van der Waals surface area contributed by atoms with Crippen molar-refractivity contribution in [2.75, 3.05) is 7.11 Å². The summed E-state index contributed by atoms with van der Waals surface area (Å²) in [4.78, 5) is 34.4. The third kappa shape index (κ3) is 4.28. The number of methoxy groups -OCH3 is 1. The van der Waals surface area contributed by atoms with E-state index in [2.05, 4.69) is 10.1 Å². The molecule has 1 aromatic carbocycles. The molecular weight excluding hydrogens is 288 g/mol. The second-order valence-corrected chi connectivity index (χ2v) is 5.39. The Hall–Kier alpha value is -2.44. The zero-order valence-corrected chi connectivity index (χ0v) is 13.1. The van der Waals surface area contributed by atoms with E-state index < -0.39 is 22.8 Å². The molecule has 0 aliphatic carbocycles. The Morgan fingerprint density at radius 3 is 2.50 bits per heavy atom. The van der Waals surface area contributed by atoms with Gasteiger partial charge in [0.2, 0.25) is 0 Å². The van der Waals surface area contributed by atoms with Crippen LogP contribution in [0.5, 0.6) is 0 Å². The minimum absolute atomic E-state index is 0.133. The molecule has 1 unspecified atom stereocenters. The number of nitrogens with zero attached hydrogens (tertiary/aromatic N) is 1. The van der Waals surface area contributed by atoms with Gasteiger partial charge in [-0.2, -0.15) is 0 Å². The number of hydrogen-bond donors (Lipinski definition) is 1. The van der Waals surface area contributed by atoms with Crippen molar-refractivity contribution < 1.29 is 19.2 Å². The highest BCUT2D eigenvalue weighted by atomic mass is 16.6. The van der Waals surface area contributed by atoms with Gasteiger partial charge in [0, 0.05) is 17.2 Å². The lowest BCUT2D eigenvalue weighted by atomic mass is 10.0. The number of nitro groups is 1. The molecule has 1 amide bonds. The van der Waals surface area contributed by atoms with Gasteiger partial charge in [0.05, 0.1) is 12.0 Å². The highest BCUT2D eigenvalue weighted by Crippen LogP contribution is 2.21. The smallest absolute Gasteiger partial charge is 0.328 e. The molecule has 0 fully saturated rings. The highest BCUT2D eigenvalue weighted by molar-refractivity contribution is 5.98. The van der Waals surface area contributed by atoms with Crippen molar-refractivity contribution in [3.05, 3.63) is 39.4 Å². The molecule has 1 atom stereocenters. The number of hydrogen-bond acceptors (Lipinski definition) is 5. The van der Waals surface area contributed by atoms with E-state index in [0.717, 1.165) is 0 Å². The quantitative estimate of drug-likeness (QED) is 0.493. The van der Waals surface area contributed by atoms with Crippen molar-refractivity contribution in [1.82, 2.24) is 5.32 Å². The Morgan fingerprint density at radius 2 is 2.00 bits per heavy atom. The topological polar surface area (TPSA) is 98.5 Å². The van der Waals surface area contributed by atoms with Crippen molar-refractivity contribution in [3.8, 4) is 0 Å². The molecule has 0 saturated heterocycles. The van der Waals surface area contributed by atoms with Crippen LogP contribution in [0.15, 0.2) is 18.2 Å². The largest absolute Gasteiger partial charge is 0.467 e. The fraction of sp³-hybridized carbons (Fsp3) is 0.467. The number of nitro benzene ring substituents is 1. The lowest BCUT2D eigenvalue weighted by Crippen LogP contribution is -2.42. The zero-order valence-electron chi connectivity index (χ0n) is 13.1. The van der Waals surface area contributed by atoms with Gasteiger partial charge < -0.3 is 10.1 Å². The normalized spacial score (nSPS) is 11.9. The summed E-state index contributed by atoms with van der Waals surface area (Å²) in [5.41, 5.74) is 0.302. The van der Waals surface area contributed by atoms with Crippen LogP contribution >= 0.6 is 0 Å². The van der Waals surface area contributed by atoms with Gasteiger partial charge in [-0.25, -0.2) is 4.79 Å². The zero-order chi connectivity index (χ0) is 16.9. The molecule has 1 N–H and O–H groups in total. The maximum absolute atomic E-state index is 12.3. The lowest BCUT2D eigenvalue weighted by molar-refractivity contribution is -0.385. The van der Waals surface area contributed by atoms with Crippen LogP contribution in [0.1, 0.15) is 36.2 Å². The number of carbonyl (C=O) groups is 2. The lowest BCUT2D eigenvalue weighted by Gasteiger charge is -2.18. The third-order valence-electron chi connectivity index (χ3n) is 3.24. The average Bonchev–Trinajstić information content (AvgIpc) is 2.44. The fourth-order valence-electron chi connectivity index (χ4n) is 2.13. The van der Waals surface area contributed by atoms with Gasteiger partial charge in [0.1, 0.15) is 6.04 Å². The van der Waals surface area contributed by atoms with Gasteiger partial charge in [-0.3, -0.25) is 14.9 Å². The Morgan fingerprint density at radius 1 is 1.36 bits per heavy atom. The second-order valence-electron chi connectivity index (χ2n) is 5.39. The van der Waals surface area contributed by atoms with Crippen molar-refractivity contribution in [1.29, 1.82) is 0 Å². The Bertz CT molecular complexity index is 583. The predicted molar refractivity (Wildman–Crippen MR) is 80.6 cm³/mol. The summed E-state index contributed by atoms with van der Waals surface area (Å²) < 4.78 is 4.68.